The molecule has 3 heterocycles. The summed E-state index contributed by atoms with van der Waals surface area (Å²) >= 11 is 3.73. The highest BCUT2D eigenvalue weighted by molar-refractivity contribution is 9.11. The minimum Gasteiger partial charge on any atom is -0.760 e. The van der Waals surface area contributed by atoms with Crippen LogP contribution in [-0.2, 0) is 11.3 Å². The highest BCUT2D eigenvalue weighted by Gasteiger charge is 2.30. The number of rotatable bonds is 4. The lowest BCUT2D eigenvalue weighted by Gasteiger charge is -2.41. The van der Waals surface area contributed by atoms with E-state index in [1.807, 2.05) is 6.20 Å². The van der Waals surface area contributed by atoms with E-state index in [2.05, 4.69) is 68.4 Å². The number of fused-ring (bicyclic) bond motifs is 1. The van der Waals surface area contributed by atoms with Gasteiger partial charge >= 0.3 is 0 Å². The Morgan fingerprint density at radius 1 is 0.955 bits per heavy atom. The summed E-state index contributed by atoms with van der Waals surface area (Å²) in [5.41, 5.74) is 8.08. The van der Waals surface area contributed by atoms with Crippen LogP contribution in [0.4, 0.5) is 19.0 Å². The predicted molar refractivity (Wildman–Crippen MR) is 172 cm³/mol. The molecule has 6 rings (SSSR count). The van der Waals surface area contributed by atoms with Gasteiger partial charge in [0.2, 0.25) is 0 Å². The van der Waals surface area contributed by atoms with Crippen molar-refractivity contribution in [3.05, 3.63) is 63.2 Å². The van der Waals surface area contributed by atoms with E-state index in [4.69, 9.17) is 14.5 Å². The van der Waals surface area contributed by atoms with Crippen LogP contribution in [0.2, 0.25) is 0 Å². The number of nitrogens with two attached hydrogens (primary N) is 2. The van der Waals surface area contributed by atoms with Gasteiger partial charge in [0, 0.05) is 72.4 Å². The lowest BCUT2D eigenvalue weighted by molar-refractivity contribution is 0.0828. The molecule has 4 N–H and O–H groups in total. The zero-order valence-electron chi connectivity index (χ0n) is 23.8. The fourth-order valence-corrected chi connectivity index (χ4v) is 7.09. The van der Waals surface area contributed by atoms with Crippen LogP contribution in [0.3, 0.4) is 0 Å². The van der Waals surface area contributed by atoms with Crippen molar-refractivity contribution in [2.75, 3.05) is 39.0 Å². The van der Waals surface area contributed by atoms with Crippen LogP contribution in [0.15, 0.2) is 45.7 Å². The van der Waals surface area contributed by atoms with Gasteiger partial charge < -0.3 is 19.8 Å². The SMILES string of the molecule is CN1CCN(C2CCC(n3cc(-c4ccc(-c5c(F)c(Br)cc(F)c5Br)c(F)c4)c4c(N)ncnc43)CC2)CC1.NS(=O)[O-]. The summed E-state index contributed by atoms with van der Waals surface area (Å²) in [6.07, 6.45) is 7.69. The third-order valence-corrected chi connectivity index (χ3v) is 9.77. The van der Waals surface area contributed by atoms with E-state index >= 15 is 4.39 Å². The molecule has 44 heavy (non-hydrogen) atoms. The quantitative estimate of drug-likeness (QED) is 0.200. The number of likely N-dealkylation sites (N-methyl/N-ethyl adjacent to an activating group) is 1. The number of hydrogen-bond donors (Lipinski definition) is 2. The van der Waals surface area contributed by atoms with Crippen LogP contribution < -0.4 is 10.9 Å². The van der Waals surface area contributed by atoms with Gasteiger partial charge in [0.25, 0.3) is 0 Å². The summed E-state index contributed by atoms with van der Waals surface area (Å²) in [7, 11) is 2.17. The lowest BCUT2D eigenvalue weighted by atomic mass is 9.89. The predicted octanol–water partition coefficient (Wildman–Crippen LogP) is 5.76. The van der Waals surface area contributed by atoms with Crippen LogP contribution in [0, 0.1) is 17.5 Å². The van der Waals surface area contributed by atoms with Gasteiger partial charge in [-0.05, 0) is 82.3 Å². The molecule has 0 spiro atoms. The molecule has 0 amide bonds. The van der Waals surface area contributed by atoms with Crippen molar-refractivity contribution in [1.29, 1.82) is 0 Å². The van der Waals surface area contributed by atoms with Gasteiger partial charge in [-0.1, -0.05) is 12.1 Å². The molecule has 2 aromatic heterocycles. The number of nitrogen functional groups attached to an aromatic ring is 1. The molecule has 9 nitrogen and oxygen atoms in total. The van der Waals surface area contributed by atoms with Gasteiger partial charge in [0.05, 0.1) is 14.3 Å². The molecule has 1 aliphatic heterocycles. The van der Waals surface area contributed by atoms with Crippen molar-refractivity contribution in [1.82, 2.24) is 24.3 Å². The molecule has 15 heteroatoms. The fourth-order valence-electron chi connectivity index (χ4n) is 6.19. The molecule has 236 valence electrons. The summed E-state index contributed by atoms with van der Waals surface area (Å²) in [4.78, 5) is 13.8. The third-order valence-electron chi connectivity index (χ3n) is 8.41. The average molecular weight is 758 g/mol. The summed E-state index contributed by atoms with van der Waals surface area (Å²) < 4.78 is 64.3. The molecule has 2 aromatic carbocycles. The molecule has 0 radical (unpaired) electrons. The molecule has 1 aliphatic carbocycles. The van der Waals surface area contributed by atoms with E-state index in [-0.39, 0.29) is 26.1 Å². The van der Waals surface area contributed by atoms with Crippen LogP contribution in [-0.4, -0.2) is 72.4 Å². The van der Waals surface area contributed by atoms with Crippen molar-refractivity contribution in [2.45, 2.75) is 37.8 Å². The van der Waals surface area contributed by atoms with Crippen LogP contribution >= 0.6 is 31.9 Å². The molecule has 1 atom stereocenters. The summed E-state index contributed by atoms with van der Waals surface area (Å²) in [5.74, 6) is -1.81. The number of aromatic nitrogens is 3. The van der Waals surface area contributed by atoms with Crippen molar-refractivity contribution in [3.8, 4) is 22.3 Å². The molecular weight excluding hydrogens is 727 g/mol. The molecule has 2 aliphatic rings. The smallest absolute Gasteiger partial charge is 0.146 e. The van der Waals surface area contributed by atoms with Crippen molar-refractivity contribution in [3.63, 3.8) is 0 Å². The first kappa shape index (κ1) is 33.0. The Kier molecular flexibility index (Phi) is 10.4. The van der Waals surface area contributed by atoms with Gasteiger partial charge in [-0.15, -0.1) is 0 Å². The van der Waals surface area contributed by atoms with Crippen LogP contribution in [0.1, 0.15) is 31.7 Å². The van der Waals surface area contributed by atoms with Crippen molar-refractivity contribution >= 4 is 60.0 Å². The summed E-state index contributed by atoms with van der Waals surface area (Å²) in [6, 6.07) is 6.33. The lowest BCUT2D eigenvalue weighted by Crippen LogP contribution is -2.49. The Morgan fingerprint density at radius 3 is 2.23 bits per heavy atom. The first-order chi connectivity index (χ1) is 21.0. The van der Waals surface area contributed by atoms with Crippen molar-refractivity contribution < 1.29 is 21.9 Å². The minimum atomic E-state index is -2.36. The monoisotopic (exact) mass is 756 g/mol. The Hall–Kier alpha value is -2.40. The van der Waals surface area contributed by atoms with Gasteiger partial charge in [-0.3, -0.25) is 14.2 Å². The second-order valence-electron chi connectivity index (χ2n) is 11.0. The third kappa shape index (κ3) is 6.88. The van der Waals surface area contributed by atoms with Gasteiger partial charge in [-0.2, -0.15) is 0 Å². The number of halogens is 5. The Balaban J connectivity index is 0.000000906. The second-order valence-corrected chi connectivity index (χ2v) is 13.2. The van der Waals surface area contributed by atoms with Crippen LogP contribution in [0.25, 0.3) is 33.3 Å². The normalized spacial score (nSPS) is 20.4. The molecule has 1 saturated carbocycles. The second kappa shape index (κ2) is 13.9. The maximum absolute atomic E-state index is 15.5. The summed E-state index contributed by atoms with van der Waals surface area (Å²) in [6.45, 7) is 4.44. The minimum absolute atomic E-state index is 0.0523. The van der Waals surface area contributed by atoms with E-state index in [0.717, 1.165) is 63.6 Å². The fraction of sp³-hybridized carbons (Fsp3) is 0.379. The number of benzene rings is 2. The van der Waals surface area contributed by atoms with Crippen LogP contribution in [0.5, 0.6) is 0 Å². The van der Waals surface area contributed by atoms with E-state index < -0.39 is 28.7 Å². The molecule has 1 unspecified atom stereocenters. The maximum atomic E-state index is 15.5. The zero-order chi connectivity index (χ0) is 31.7. The number of hydrogen-bond acceptors (Lipinski definition) is 7. The largest absolute Gasteiger partial charge is 0.760 e. The Bertz CT molecular complexity index is 1660. The van der Waals surface area contributed by atoms with Gasteiger partial charge in [0.15, 0.2) is 0 Å². The maximum Gasteiger partial charge on any atom is 0.146 e. The zero-order valence-corrected chi connectivity index (χ0v) is 27.8. The molecule has 4 aromatic rings. The molecular formula is C29H31Br2F3N7O2S-. The highest BCUT2D eigenvalue weighted by Crippen LogP contribution is 2.42. The van der Waals surface area contributed by atoms with E-state index in [1.54, 1.807) is 6.07 Å². The molecule has 2 fully saturated rings. The highest BCUT2D eigenvalue weighted by atomic mass is 79.9. The van der Waals surface area contributed by atoms with Gasteiger partial charge in [-0.25, -0.2) is 23.1 Å². The number of nitrogens with zero attached hydrogens (tertiary/aromatic N) is 5. The van der Waals surface area contributed by atoms with E-state index in [1.165, 1.54) is 18.5 Å². The van der Waals surface area contributed by atoms with Gasteiger partial charge in [0.1, 0.15) is 35.2 Å². The standard InChI is InChI=1S/C29H29Br2F3N6.H3NO2S/c1-38-8-10-39(11-9-38)17-3-5-18(6-4-17)40-14-20(25-28(35)36-15-37-29(25)40)16-2-7-19(22(32)12-16)24-26(31)23(33)13-21(30)27(24)34;1-4(2)3/h2,7,12-15,17-18H,3-6,8-11H2,1H3,(H2,35,36,37);1H2,(H,2,3)/p-1. The Labute approximate surface area is 272 Å². The van der Waals surface area contributed by atoms with E-state index in [9.17, 15) is 8.78 Å². The first-order valence-corrected chi connectivity index (χ1v) is 16.7. The number of anilines is 1. The first-order valence-electron chi connectivity index (χ1n) is 14.0. The summed E-state index contributed by atoms with van der Waals surface area (Å²) in [5, 5.41) is 4.69. The molecule has 0 bridgehead atoms. The number of piperazine rings is 1. The molecule has 1 saturated heterocycles. The van der Waals surface area contributed by atoms with Crippen molar-refractivity contribution in [2.24, 2.45) is 5.14 Å². The average Bonchev–Trinajstić information content (AvgIpc) is 3.38. The van der Waals surface area contributed by atoms with E-state index in [0.29, 0.717) is 28.4 Å². The Morgan fingerprint density at radius 2 is 1.59 bits per heavy atom. The topological polar surface area (TPSA) is 129 Å².